The highest BCUT2D eigenvalue weighted by molar-refractivity contribution is 9.10. The molecule has 2 aromatic heterocycles. The van der Waals surface area contributed by atoms with Gasteiger partial charge in [0.05, 0.1) is 29.2 Å². The number of ether oxygens (including phenoxy) is 1. The van der Waals surface area contributed by atoms with Crippen LogP contribution in [-0.2, 0) is 11.3 Å². The molecule has 22 heavy (non-hydrogen) atoms. The Bertz CT molecular complexity index is 632. The molecule has 0 fully saturated rings. The second-order valence-corrected chi connectivity index (χ2v) is 6.46. The van der Waals surface area contributed by atoms with Crippen molar-refractivity contribution in [2.75, 3.05) is 10.6 Å². The average Bonchev–Trinajstić information content (AvgIpc) is 2.81. The summed E-state index contributed by atoms with van der Waals surface area (Å²) in [5, 5.41) is 5.75. The third-order valence-electron chi connectivity index (χ3n) is 2.54. The number of carbonyl (C=O) groups excluding carboxylic acids is 1. The first-order valence-corrected chi connectivity index (χ1v) is 7.54. The lowest BCUT2D eigenvalue weighted by Crippen LogP contribution is -2.27. The van der Waals surface area contributed by atoms with Gasteiger partial charge in [-0.1, -0.05) is 0 Å². The van der Waals surface area contributed by atoms with Crippen LogP contribution in [0.1, 0.15) is 26.5 Å². The van der Waals surface area contributed by atoms with Gasteiger partial charge in [-0.2, -0.15) is 0 Å². The number of halogens is 1. The highest BCUT2D eigenvalue weighted by Gasteiger charge is 2.16. The number of hydrogen-bond acceptors (Lipinski definition) is 5. The summed E-state index contributed by atoms with van der Waals surface area (Å²) in [6, 6.07) is 5.35. The van der Waals surface area contributed by atoms with E-state index in [4.69, 9.17) is 9.15 Å². The summed E-state index contributed by atoms with van der Waals surface area (Å²) >= 11 is 3.39. The summed E-state index contributed by atoms with van der Waals surface area (Å²) in [5.74, 6) is 1.23. The summed E-state index contributed by atoms with van der Waals surface area (Å²) < 4.78 is 11.4. The van der Waals surface area contributed by atoms with E-state index in [0.29, 0.717) is 12.4 Å². The number of pyridine rings is 1. The Morgan fingerprint density at radius 2 is 2.14 bits per heavy atom. The molecule has 2 rings (SSSR count). The van der Waals surface area contributed by atoms with E-state index in [-0.39, 0.29) is 0 Å². The number of hydrogen-bond donors (Lipinski definition) is 2. The van der Waals surface area contributed by atoms with E-state index in [2.05, 4.69) is 31.5 Å². The Morgan fingerprint density at radius 3 is 2.68 bits per heavy atom. The number of amides is 1. The maximum Gasteiger partial charge on any atom is 0.413 e. The summed E-state index contributed by atoms with van der Waals surface area (Å²) in [6.45, 7) is 5.95. The molecular formula is C15H18BrN3O3. The topological polar surface area (TPSA) is 76.4 Å². The number of nitrogens with zero attached hydrogens (tertiary/aromatic N) is 1. The molecule has 0 radical (unpaired) electrons. The van der Waals surface area contributed by atoms with Gasteiger partial charge in [-0.15, -0.1) is 0 Å². The molecular weight excluding hydrogens is 350 g/mol. The third-order valence-corrected chi connectivity index (χ3v) is 3.24. The van der Waals surface area contributed by atoms with Gasteiger partial charge in [-0.3, -0.25) is 5.32 Å². The van der Waals surface area contributed by atoms with Crippen LogP contribution in [0.4, 0.5) is 16.3 Å². The maximum absolute atomic E-state index is 11.6. The average molecular weight is 368 g/mol. The second kappa shape index (κ2) is 6.83. The van der Waals surface area contributed by atoms with Crippen LogP contribution >= 0.6 is 15.9 Å². The molecule has 0 unspecified atom stereocenters. The molecule has 6 nitrogen and oxygen atoms in total. The van der Waals surface area contributed by atoms with Crippen LogP contribution in [-0.4, -0.2) is 16.7 Å². The fraction of sp³-hybridized carbons (Fsp3) is 0.333. The molecule has 0 aliphatic rings. The number of rotatable bonds is 4. The van der Waals surface area contributed by atoms with Crippen LogP contribution in [0.25, 0.3) is 0 Å². The fourth-order valence-corrected chi connectivity index (χ4v) is 1.96. The zero-order valence-electron chi connectivity index (χ0n) is 12.6. The van der Waals surface area contributed by atoms with E-state index in [1.165, 1.54) is 0 Å². The SMILES string of the molecule is CC(C)(C)OC(=O)Nc1ccc(NCc2occc2Br)cn1. The van der Waals surface area contributed by atoms with Gasteiger partial charge in [0.2, 0.25) is 0 Å². The Morgan fingerprint density at radius 1 is 1.36 bits per heavy atom. The predicted octanol–water partition coefficient (Wildman–Crippen LogP) is 4.40. The van der Waals surface area contributed by atoms with Crippen LogP contribution in [0.5, 0.6) is 0 Å². The van der Waals surface area contributed by atoms with E-state index in [1.54, 1.807) is 39.3 Å². The molecule has 0 aliphatic heterocycles. The summed E-state index contributed by atoms with van der Waals surface area (Å²) in [6.07, 6.45) is 2.72. The van der Waals surface area contributed by atoms with Gasteiger partial charge in [0.15, 0.2) is 0 Å². The number of aromatic nitrogens is 1. The van der Waals surface area contributed by atoms with Gasteiger partial charge in [-0.05, 0) is 54.9 Å². The Kier molecular flexibility index (Phi) is 5.07. The summed E-state index contributed by atoms with van der Waals surface area (Å²) in [5.41, 5.74) is 0.278. The van der Waals surface area contributed by atoms with Crippen LogP contribution < -0.4 is 10.6 Å². The Hall–Kier alpha value is -2.02. The van der Waals surface area contributed by atoms with E-state index < -0.39 is 11.7 Å². The lowest BCUT2D eigenvalue weighted by molar-refractivity contribution is 0.0635. The quantitative estimate of drug-likeness (QED) is 0.837. The fourth-order valence-electron chi connectivity index (χ4n) is 1.61. The second-order valence-electron chi connectivity index (χ2n) is 5.60. The molecule has 118 valence electrons. The molecule has 0 saturated heterocycles. The van der Waals surface area contributed by atoms with Crippen molar-refractivity contribution >= 4 is 33.5 Å². The van der Waals surface area contributed by atoms with Crippen LogP contribution in [0.3, 0.4) is 0 Å². The zero-order chi connectivity index (χ0) is 16.2. The number of nitrogens with one attached hydrogen (secondary N) is 2. The molecule has 0 bridgehead atoms. The molecule has 7 heteroatoms. The standard InChI is InChI=1S/C15H18BrN3O3/c1-15(2,3)22-14(20)19-13-5-4-10(8-18-13)17-9-12-11(16)6-7-21-12/h4-8,17H,9H2,1-3H3,(H,18,19,20). The maximum atomic E-state index is 11.6. The monoisotopic (exact) mass is 367 g/mol. The molecule has 0 atom stereocenters. The Balaban J connectivity index is 1.87. The normalized spacial score (nSPS) is 11.1. The van der Waals surface area contributed by atoms with E-state index in [1.807, 2.05) is 12.1 Å². The van der Waals surface area contributed by atoms with E-state index >= 15 is 0 Å². The van der Waals surface area contributed by atoms with Crippen molar-refractivity contribution in [1.82, 2.24) is 4.98 Å². The summed E-state index contributed by atoms with van der Waals surface area (Å²) in [4.78, 5) is 15.8. The van der Waals surface area contributed by atoms with Crippen molar-refractivity contribution in [2.45, 2.75) is 32.9 Å². The van der Waals surface area contributed by atoms with Crippen LogP contribution in [0.15, 0.2) is 39.5 Å². The van der Waals surface area contributed by atoms with Gasteiger partial charge in [0.1, 0.15) is 17.2 Å². The lowest BCUT2D eigenvalue weighted by atomic mass is 10.2. The lowest BCUT2D eigenvalue weighted by Gasteiger charge is -2.19. The Labute approximate surface area is 137 Å². The molecule has 0 saturated carbocycles. The van der Waals surface area contributed by atoms with Crippen LogP contribution in [0.2, 0.25) is 0 Å². The van der Waals surface area contributed by atoms with Gasteiger partial charge in [0, 0.05) is 0 Å². The number of furan rings is 1. The first-order valence-electron chi connectivity index (χ1n) is 6.75. The van der Waals surface area contributed by atoms with Gasteiger partial charge in [0.25, 0.3) is 0 Å². The van der Waals surface area contributed by atoms with Crippen molar-refractivity contribution < 1.29 is 13.9 Å². The highest BCUT2D eigenvalue weighted by atomic mass is 79.9. The first kappa shape index (κ1) is 16.4. The van der Waals surface area contributed by atoms with Crippen LogP contribution in [0, 0.1) is 0 Å². The number of anilines is 2. The minimum atomic E-state index is -0.540. The van der Waals surface area contributed by atoms with Crippen molar-refractivity contribution in [3.05, 3.63) is 40.9 Å². The molecule has 1 amide bonds. The van der Waals surface area contributed by atoms with Gasteiger partial charge >= 0.3 is 6.09 Å². The molecule has 0 spiro atoms. The first-order chi connectivity index (χ1) is 10.3. The van der Waals surface area contributed by atoms with E-state index in [0.717, 1.165) is 15.9 Å². The largest absolute Gasteiger partial charge is 0.466 e. The molecule has 0 aromatic carbocycles. The highest BCUT2D eigenvalue weighted by Crippen LogP contribution is 2.19. The molecule has 0 aliphatic carbocycles. The summed E-state index contributed by atoms with van der Waals surface area (Å²) in [7, 11) is 0. The van der Waals surface area contributed by atoms with Crippen molar-refractivity contribution in [3.63, 3.8) is 0 Å². The minimum absolute atomic E-state index is 0.430. The predicted molar refractivity (Wildman–Crippen MR) is 87.8 cm³/mol. The molecule has 2 heterocycles. The van der Waals surface area contributed by atoms with Crippen molar-refractivity contribution in [1.29, 1.82) is 0 Å². The van der Waals surface area contributed by atoms with Crippen molar-refractivity contribution in [3.8, 4) is 0 Å². The zero-order valence-corrected chi connectivity index (χ0v) is 14.2. The third kappa shape index (κ3) is 5.07. The van der Waals surface area contributed by atoms with Crippen molar-refractivity contribution in [2.24, 2.45) is 0 Å². The minimum Gasteiger partial charge on any atom is -0.466 e. The van der Waals surface area contributed by atoms with Gasteiger partial charge < -0.3 is 14.5 Å². The molecule has 2 aromatic rings. The molecule has 2 N–H and O–H groups in total. The van der Waals surface area contributed by atoms with E-state index in [9.17, 15) is 4.79 Å². The number of carbonyl (C=O) groups is 1. The van der Waals surface area contributed by atoms with Gasteiger partial charge in [-0.25, -0.2) is 9.78 Å². The smallest absolute Gasteiger partial charge is 0.413 e.